The molecular weight excluding hydrogens is 170 g/mol. The van der Waals surface area contributed by atoms with Crippen LogP contribution >= 0.6 is 0 Å². The standard InChI is InChI=1S/C13H13N/c1-3-4-5-11(2)13-8-6-12(10-14)7-9-13/h3-9H,1-2H3/b4-3-,11-5+. The van der Waals surface area contributed by atoms with Crippen molar-refractivity contribution >= 4 is 5.57 Å². The van der Waals surface area contributed by atoms with Crippen LogP contribution in [0.25, 0.3) is 5.57 Å². The van der Waals surface area contributed by atoms with Crippen LogP contribution in [0.5, 0.6) is 0 Å². The molecule has 0 heterocycles. The summed E-state index contributed by atoms with van der Waals surface area (Å²) in [5.74, 6) is 0. The minimum absolute atomic E-state index is 0.701. The molecule has 1 rings (SSSR count). The average molecular weight is 183 g/mol. The van der Waals surface area contributed by atoms with Gasteiger partial charge in [-0.2, -0.15) is 5.26 Å². The van der Waals surface area contributed by atoms with Gasteiger partial charge in [-0.3, -0.25) is 0 Å². The molecule has 0 N–H and O–H groups in total. The smallest absolute Gasteiger partial charge is 0.0991 e. The Kier molecular flexibility index (Phi) is 3.69. The van der Waals surface area contributed by atoms with Gasteiger partial charge < -0.3 is 0 Å². The largest absolute Gasteiger partial charge is 0.192 e. The van der Waals surface area contributed by atoms with E-state index in [1.54, 1.807) is 0 Å². The number of rotatable bonds is 2. The quantitative estimate of drug-likeness (QED) is 0.643. The van der Waals surface area contributed by atoms with E-state index in [1.807, 2.05) is 43.3 Å². The van der Waals surface area contributed by atoms with Crippen molar-refractivity contribution in [2.24, 2.45) is 0 Å². The summed E-state index contributed by atoms with van der Waals surface area (Å²) in [7, 11) is 0. The zero-order chi connectivity index (χ0) is 10.4. The molecule has 70 valence electrons. The zero-order valence-electron chi connectivity index (χ0n) is 8.49. The molecule has 0 atom stereocenters. The molecule has 1 heteroatoms. The maximum Gasteiger partial charge on any atom is 0.0991 e. The summed E-state index contributed by atoms with van der Waals surface area (Å²) >= 11 is 0. The molecule has 0 saturated carbocycles. The van der Waals surface area contributed by atoms with Gasteiger partial charge in [-0.05, 0) is 37.1 Å². The Bertz CT molecular complexity index is 388. The molecule has 0 aliphatic heterocycles. The first-order valence-corrected chi connectivity index (χ1v) is 4.58. The van der Waals surface area contributed by atoms with Gasteiger partial charge in [0.2, 0.25) is 0 Å². The van der Waals surface area contributed by atoms with Crippen LogP contribution in [0.3, 0.4) is 0 Å². The van der Waals surface area contributed by atoms with Gasteiger partial charge >= 0.3 is 0 Å². The second-order valence-corrected chi connectivity index (χ2v) is 3.06. The van der Waals surface area contributed by atoms with Crippen molar-refractivity contribution in [1.82, 2.24) is 0 Å². The van der Waals surface area contributed by atoms with Gasteiger partial charge in [0.15, 0.2) is 0 Å². The number of benzene rings is 1. The highest BCUT2D eigenvalue weighted by atomic mass is 14.2. The molecule has 0 aliphatic carbocycles. The van der Waals surface area contributed by atoms with Crippen LogP contribution in [0.15, 0.2) is 42.5 Å². The molecule has 0 saturated heterocycles. The lowest BCUT2D eigenvalue weighted by molar-refractivity contribution is 1.47. The molecule has 0 radical (unpaired) electrons. The molecule has 0 spiro atoms. The second-order valence-electron chi connectivity index (χ2n) is 3.06. The maximum absolute atomic E-state index is 8.63. The van der Waals surface area contributed by atoms with E-state index in [9.17, 15) is 0 Å². The Morgan fingerprint density at radius 1 is 1.29 bits per heavy atom. The van der Waals surface area contributed by atoms with Crippen LogP contribution in [-0.4, -0.2) is 0 Å². The lowest BCUT2D eigenvalue weighted by atomic mass is 10.1. The van der Waals surface area contributed by atoms with Crippen molar-refractivity contribution in [2.75, 3.05) is 0 Å². The van der Waals surface area contributed by atoms with Crippen LogP contribution in [0, 0.1) is 11.3 Å². The van der Waals surface area contributed by atoms with Gasteiger partial charge in [-0.15, -0.1) is 0 Å². The molecule has 1 aromatic rings. The van der Waals surface area contributed by atoms with Crippen LogP contribution < -0.4 is 0 Å². The van der Waals surface area contributed by atoms with Crippen LogP contribution in [0.2, 0.25) is 0 Å². The third-order valence-electron chi connectivity index (χ3n) is 2.01. The molecule has 0 fully saturated rings. The first-order valence-electron chi connectivity index (χ1n) is 4.58. The molecule has 14 heavy (non-hydrogen) atoms. The Balaban J connectivity index is 2.93. The summed E-state index contributed by atoms with van der Waals surface area (Å²) in [6, 6.07) is 9.71. The topological polar surface area (TPSA) is 23.8 Å². The first kappa shape index (κ1) is 10.3. The molecule has 0 bridgehead atoms. The fourth-order valence-electron chi connectivity index (χ4n) is 1.14. The molecule has 1 nitrogen and oxygen atoms in total. The van der Waals surface area contributed by atoms with E-state index in [0.717, 1.165) is 5.56 Å². The fraction of sp³-hybridized carbons (Fsp3) is 0.154. The summed E-state index contributed by atoms with van der Waals surface area (Å²) < 4.78 is 0. The molecule has 0 aliphatic rings. The second kappa shape index (κ2) is 5.04. The van der Waals surface area contributed by atoms with Gasteiger partial charge in [-0.25, -0.2) is 0 Å². The molecule has 1 aromatic carbocycles. The minimum atomic E-state index is 0.701. The lowest BCUT2D eigenvalue weighted by Crippen LogP contribution is -1.79. The van der Waals surface area contributed by atoms with Crippen molar-refractivity contribution in [3.8, 4) is 6.07 Å². The lowest BCUT2D eigenvalue weighted by Gasteiger charge is -1.99. The summed E-state index contributed by atoms with van der Waals surface area (Å²) in [6.07, 6.45) is 6.06. The monoisotopic (exact) mass is 183 g/mol. The summed E-state index contributed by atoms with van der Waals surface area (Å²) in [5, 5.41) is 8.63. The maximum atomic E-state index is 8.63. The third kappa shape index (κ3) is 2.60. The highest BCUT2D eigenvalue weighted by Crippen LogP contribution is 2.14. The van der Waals surface area contributed by atoms with Gasteiger partial charge in [0.1, 0.15) is 0 Å². The number of nitriles is 1. The minimum Gasteiger partial charge on any atom is -0.192 e. The zero-order valence-corrected chi connectivity index (χ0v) is 8.49. The van der Waals surface area contributed by atoms with Crippen LogP contribution in [0.1, 0.15) is 25.0 Å². The number of allylic oxidation sites excluding steroid dienone is 4. The van der Waals surface area contributed by atoms with Crippen molar-refractivity contribution in [1.29, 1.82) is 5.26 Å². The fourth-order valence-corrected chi connectivity index (χ4v) is 1.14. The highest BCUT2D eigenvalue weighted by Gasteiger charge is 1.94. The SMILES string of the molecule is C/C=C\C=C(/C)c1ccc(C#N)cc1. The van der Waals surface area contributed by atoms with Crippen LogP contribution in [0.4, 0.5) is 0 Å². The van der Waals surface area contributed by atoms with E-state index >= 15 is 0 Å². The van der Waals surface area contributed by atoms with Gasteiger partial charge in [0.25, 0.3) is 0 Å². The molecular formula is C13H13N. The Morgan fingerprint density at radius 3 is 2.43 bits per heavy atom. The number of hydrogen-bond donors (Lipinski definition) is 0. The predicted octanol–water partition coefficient (Wildman–Crippen LogP) is 3.54. The predicted molar refractivity (Wildman–Crippen MR) is 59.6 cm³/mol. The van der Waals surface area contributed by atoms with E-state index in [4.69, 9.17) is 5.26 Å². The van der Waals surface area contributed by atoms with Crippen molar-refractivity contribution in [3.63, 3.8) is 0 Å². The number of hydrogen-bond acceptors (Lipinski definition) is 1. The Labute approximate surface area is 85.0 Å². The van der Waals surface area contributed by atoms with Crippen molar-refractivity contribution in [3.05, 3.63) is 53.6 Å². The average Bonchev–Trinajstić information content (AvgIpc) is 2.26. The molecule has 0 amide bonds. The van der Waals surface area contributed by atoms with E-state index in [0.29, 0.717) is 5.56 Å². The molecule has 0 aromatic heterocycles. The van der Waals surface area contributed by atoms with E-state index < -0.39 is 0 Å². The van der Waals surface area contributed by atoms with E-state index in [1.165, 1.54) is 5.57 Å². The summed E-state index contributed by atoms with van der Waals surface area (Å²) in [6.45, 7) is 4.05. The van der Waals surface area contributed by atoms with Gasteiger partial charge in [0, 0.05) is 0 Å². The Morgan fingerprint density at radius 2 is 1.93 bits per heavy atom. The van der Waals surface area contributed by atoms with Gasteiger partial charge in [-0.1, -0.05) is 30.4 Å². The molecule has 0 unspecified atom stereocenters. The number of nitrogens with zero attached hydrogens (tertiary/aromatic N) is 1. The van der Waals surface area contributed by atoms with Crippen LogP contribution in [-0.2, 0) is 0 Å². The van der Waals surface area contributed by atoms with Gasteiger partial charge in [0.05, 0.1) is 11.6 Å². The van der Waals surface area contributed by atoms with Crippen molar-refractivity contribution < 1.29 is 0 Å². The third-order valence-corrected chi connectivity index (χ3v) is 2.01. The van der Waals surface area contributed by atoms with Crippen molar-refractivity contribution in [2.45, 2.75) is 13.8 Å². The normalized spacial score (nSPS) is 11.6. The highest BCUT2D eigenvalue weighted by molar-refractivity contribution is 5.65. The summed E-state index contributed by atoms with van der Waals surface area (Å²) in [4.78, 5) is 0. The van der Waals surface area contributed by atoms with E-state index in [-0.39, 0.29) is 0 Å². The first-order chi connectivity index (χ1) is 6.77. The summed E-state index contributed by atoms with van der Waals surface area (Å²) in [5.41, 5.74) is 3.06. The van der Waals surface area contributed by atoms with E-state index in [2.05, 4.69) is 19.1 Å². The Hall–Kier alpha value is -1.81.